The fourth-order valence-corrected chi connectivity index (χ4v) is 6.71. The molecule has 2 aliphatic rings. The van der Waals surface area contributed by atoms with Crippen LogP contribution in [0.3, 0.4) is 0 Å². The number of carbonyl (C=O) groups excluding carboxylic acids is 1. The number of piperazine rings is 1. The topological polar surface area (TPSA) is 98.4 Å². The lowest BCUT2D eigenvalue weighted by atomic mass is 9.87. The number of benzene rings is 2. The fraction of sp³-hybridized carbons (Fsp3) is 0.462. The molecule has 1 aliphatic carbocycles. The number of amides is 1. The maximum atomic E-state index is 13.5. The van der Waals surface area contributed by atoms with Crippen LogP contribution in [0.2, 0.25) is 0 Å². The number of H-pyrrole nitrogens is 1. The minimum absolute atomic E-state index is 0.108. The number of carbonyl (C=O) groups is 1. The van der Waals surface area contributed by atoms with Crippen molar-refractivity contribution in [3.05, 3.63) is 54.1 Å². The highest BCUT2D eigenvalue weighted by atomic mass is 32.2. The first-order valence-electron chi connectivity index (χ1n) is 12.4. The third-order valence-corrected chi connectivity index (χ3v) is 9.37. The standard InChI is InChI=1S/C26H33N5O3S/c1-30-14-16-31(17-15-30)35(33,34)21-12-10-20(11-13-21)23(18-19-6-2-3-7-19)26(32)27-25-22-8-4-5-9-24(22)28-29-25/h4-5,8-13,19,23H,2-3,6-7,14-18H2,1H3,(H2,27,28,29,32)/t23-/m1/s1. The number of anilines is 1. The van der Waals surface area contributed by atoms with Gasteiger partial charge < -0.3 is 10.2 Å². The molecule has 2 fully saturated rings. The van der Waals surface area contributed by atoms with E-state index in [9.17, 15) is 13.2 Å². The van der Waals surface area contributed by atoms with E-state index >= 15 is 0 Å². The molecule has 9 heteroatoms. The van der Waals surface area contributed by atoms with Crippen LogP contribution in [-0.4, -0.2) is 67.0 Å². The Morgan fingerprint density at radius 1 is 1.06 bits per heavy atom. The Morgan fingerprint density at radius 3 is 2.46 bits per heavy atom. The molecule has 0 radical (unpaired) electrons. The number of hydrogen-bond donors (Lipinski definition) is 2. The van der Waals surface area contributed by atoms with Gasteiger partial charge in [-0.3, -0.25) is 9.89 Å². The summed E-state index contributed by atoms with van der Waals surface area (Å²) in [6.45, 7) is 2.43. The minimum atomic E-state index is -3.54. The summed E-state index contributed by atoms with van der Waals surface area (Å²) in [4.78, 5) is 15.9. The number of nitrogens with zero attached hydrogens (tertiary/aromatic N) is 3. The van der Waals surface area contributed by atoms with Gasteiger partial charge in [0.15, 0.2) is 5.82 Å². The zero-order valence-corrected chi connectivity index (χ0v) is 20.9. The highest BCUT2D eigenvalue weighted by Gasteiger charge is 2.30. The zero-order chi connectivity index (χ0) is 24.4. The third kappa shape index (κ3) is 5.12. The van der Waals surface area contributed by atoms with E-state index in [-0.39, 0.29) is 16.7 Å². The molecule has 1 aromatic heterocycles. The first kappa shape index (κ1) is 24.0. The Balaban J connectivity index is 1.38. The molecular weight excluding hydrogens is 462 g/mol. The van der Waals surface area contributed by atoms with Crippen molar-refractivity contribution in [2.45, 2.75) is 42.9 Å². The molecule has 1 amide bonds. The van der Waals surface area contributed by atoms with Crippen molar-refractivity contribution in [2.24, 2.45) is 5.92 Å². The van der Waals surface area contributed by atoms with Crippen molar-refractivity contribution in [3.8, 4) is 0 Å². The number of para-hydroxylation sites is 1. The van der Waals surface area contributed by atoms with Gasteiger partial charge in [-0.05, 0) is 49.2 Å². The molecule has 186 valence electrons. The average molecular weight is 496 g/mol. The summed E-state index contributed by atoms with van der Waals surface area (Å²) in [7, 11) is -1.54. The van der Waals surface area contributed by atoms with Gasteiger partial charge in [0, 0.05) is 31.6 Å². The van der Waals surface area contributed by atoms with Gasteiger partial charge in [-0.2, -0.15) is 9.40 Å². The predicted molar refractivity (Wildman–Crippen MR) is 137 cm³/mol. The molecule has 2 N–H and O–H groups in total. The minimum Gasteiger partial charge on any atom is -0.308 e. The van der Waals surface area contributed by atoms with Gasteiger partial charge in [0.25, 0.3) is 0 Å². The normalized spacial score (nSPS) is 19.2. The second-order valence-corrected chi connectivity index (χ2v) is 11.8. The molecule has 1 saturated carbocycles. The molecule has 8 nitrogen and oxygen atoms in total. The quantitative estimate of drug-likeness (QED) is 0.520. The van der Waals surface area contributed by atoms with Crippen molar-refractivity contribution >= 4 is 32.7 Å². The number of aromatic nitrogens is 2. The summed E-state index contributed by atoms with van der Waals surface area (Å²) >= 11 is 0. The van der Waals surface area contributed by atoms with Crippen LogP contribution in [-0.2, 0) is 14.8 Å². The molecule has 0 spiro atoms. The monoisotopic (exact) mass is 495 g/mol. The van der Waals surface area contributed by atoms with E-state index < -0.39 is 10.0 Å². The highest BCUT2D eigenvalue weighted by Crippen LogP contribution is 2.35. The summed E-state index contributed by atoms with van der Waals surface area (Å²) in [6.07, 6.45) is 5.41. The second kappa shape index (κ2) is 10.1. The number of fused-ring (bicyclic) bond motifs is 1. The molecule has 0 unspecified atom stereocenters. The average Bonchev–Trinajstić information content (AvgIpc) is 3.53. The van der Waals surface area contributed by atoms with Crippen molar-refractivity contribution in [1.29, 1.82) is 0 Å². The molecule has 5 rings (SSSR count). The van der Waals surface area contributed by atoms with Crippen LogP contribution in [0.15, 0.2) is 53.4 Å². The molecule has 1 aliphatic heterocycles. The number of hydrogen-bond acceptors (Lipinski definition) is 5. The van der Waals surface area contributed by atoms with E-state index in [1.807, 2.05) is 43.4 Å². The summed E-state index contributed by atoms with van der Waals surface area (Å²) in [5, 5.41) is 11.2. The predicted octanol–water partition coefficient (Wildman–Crippen LogP) is 3.80. The maximum absolute atomic E-state index is 13.5. The number of nitrogens with one attached hydrogen (secondary N) is 2. The van der Waals surface area contributed by atoms with Crippen LogP contribution in [0.1, 0.15) is 43.6 Å². The molecule has 1 saturated heterocycles. The number of aromatic amines is 1. The first-order chi connectivity index (χ1) is 16.9. The number of sulfonamides is 1. The van der Waals surface area contributed by atoms with E-state index in [1.165, 1.54) is 12.8 Å². The largest absolute Gasteiger partial charge is 0.308 e. The van der Waals surface area contributed by atoms with Crippen molar-refractivity contribution in [3.63, 3.8) is 0 Å². The van der Waals surface area contributed by atoms with Gasteiger partial charge >= 0.3 is 0 Å². The van der Waals surface area contributed by atoms with Crippen LogP contribution in [0.25, 0.3) is 10.9 Å². The van der Waals surface area contributed by atoms with Gasteiger partial charge in [0.2, 0.25) is 15.9 Å². The number of rotatable bonds is 7. The SMILES string of the molecule is CN1CCN(S(=O)(=O)c2ccc([C@@H](CC3CCCC3)C(=O)Nc3n[nH]c4ccccc34)cc2)CC1. The lowest BCUT2D eigenvalue weighted by Gasteiger charge is -2.31. The van der Waals surface area contributed by atoms with E-state index in [0.717, 1.165) is 48.8 Å². The molecule has 35 heavy (non-hydrogen) atoms. The van der Waals surface area contributed by atoms with E-state index in [4.69, 9.17) is 0 Å². The van der Waals surface area contributed by atoms with Gasteiger partial charge in [0.05, 0.1) is 16.3 Å². The van der Waals surface area contributed by atoms with Crippen LogP contribution in [0, 0.1) is 5.92 Å². The smallest absolute Gasteiger partial charge is 0.243 e. The number of likely N-dealkylation sites (N-methyl/N-ethyl adjacent to an activating group) is 1. The van der Waals surface area contributed by atoms with Crippen molar-refractivity contribution in [1.82, 2.24) is 19.4 Å². The molecular formula is C26H33N5O3S. The summed E-state index contributed by atoms with van der Waals surface area (Å²) < 4.78 is 27.8. The van der Waals surface area contributed by atoms with Gasteiger partial charge in [-0.25, -0.2) is 8.42 Å². The second-order valence-electron chi connectivity index (χ2n) is 9.82. The van der Waals surface area contributed by atoms with Gasteiger partial charge in [0.1, 0.15) is 0 Å². The summed E-state index contributed by atoms with van der Waals surface area (Å²) in [6, 6.07) is 14.6. The van der Waals surface area contributed by atoms with E-state index in [2.05, 4.69) is 20.4 Å². The summed E-state index contributed by atoms with van der Waals surface area (Å²) in [5.41, 5.74) is 1.71. The van der Waals surface area contributed by atoms with Crippen LogP contribution in [0.4, 0.5) is 5.82 Å². The van der Waals surface area contributed by atoms with E-state index in [1.54, 1.807) is 16.4 Å². The van der Waals surface area contributed by atoms with Crippen molar-refractivity contribution < 1.29 is 13.2 Å². The molecule has 0 bridgehead atoms. The van der Waals surface area contributed by atoms with Crippen molar-refractivity contribution in [2.75, 3.05) is 38.5 Å². The van der Waals surface area contributed by atoms with Crippen LogP contribution >= 0.6 is 0 Å². The Labute approximate surface area is 206 Å². The first-order valence-corrected chi connectivity index (χ1v) is 13.9. The molecule has 2 aromatic carbocycles. The van der Waals surface area contributed by atoms with Gasteiger partial charge in [-0.1, -0.05) is 49.9 Å². The zero-order valence-electron chi connectivity index (χ0n) is 20.1. The Morgan fingerprint density at radius 2 is 1.74 bits per heavy atom. The Bertz CT molecular complexity index is 1270. The third-order valence-electron chi connectivity index (χ3n) is 7.45. The van der Waals surface area contributed by atoms with Gasteiger partial charge in [-0.15, -0.1) is 0 Å². The molecule has 3 aromatic rings. The molecule has 2 heterocycles. The lowest BCUT2D eigenvalue weighted by molar-refractivity contribution is -0.118. The van der Waals surface area contributed by atoms with E-state index in [0.29, 0.717) is 24.8 Å². The fourth-order valence-electron chi connectivity index (χ4n) is 5.29. The molecule has 1 atom stereocenters. The Kier molecular flexibility index (Phi) is 6.91. The Hall–Kier alpha value is -2.75. The van der Waals surface area contributed by atoms with Crippen LogP contribution in [0.5, 0.6) is 0 Å². The lowest BCUT2D eigenvalue weighted by Crippen LogP contribution is -2.47. The maximum Gasteiger partial charge on any atom is 0.243 e. The summed E-state index contributed by atoms with van der Waals surface area (Å²) in [5.74, 6) is 0.546. The highest BCUT2D eigenvalue weighted by molar-refractivity contribution is 7.89. The van der Waals surface area contributed by atoms with Crippen LogP contribution < -0.4 is 5.32 Å².